The van der Waals surface area contributed by atoms with Crippen LogP contribution < -0.4 is 20.3 Å². The number of carbonyl (C=O) groups excluding carboxylic acids is 1. The third-order valence-corrected chi connectivity index (χ3v) is 4.49. The monoisotopic (exact) mass is 388 g/mol. The first-order valence-electron chi connectivity index (χ1n) is 8.90. The molecule has 0 aliphatic carbocycles. The minimum atomic E-state index is -0.338. The molecule has 28 heavy (non-hydrogen) atoms. The Morgan fingerprint density at radius 3 is 2.54 bits per heavy atom. The standard InChI is InChI=1S/C19H24N4O5/c1-12-8-17(24)21-19-13-9-15(27-3)16(28-4)10-14(13)22(23(12)19)11-18(25)20-6-5-7-26-2/h8-10H,5-7,11H2,1-4H3,(H,20,25). The molecule has 150 valence electrons. The maximum absolute atomic E-state index is 12.5. The van der Waals surface area contributed by atoms with E-state index < -0.39 is 0 Å². The molecule has 0 saturated heterocycles. The summed E-state index contributed by atoms with van der Waals surface area (Å²) in [6.45, 7) is 2.97. The van der Waals surface area contributed by atoms with Crippen molar-refractivity contribution in [3.8, 4) is 11.5 Å². The van der Waals surface area contributed by atoms with Gasteiger partial charge in [0, 0.05) is 43.5 Å². The molecule has 1 N–H and O–H groups in total. The van der Waals surface area contributed by atoms with Crippen molar-refractivity contribution in [3.05, 3.63) is 34.2 Å². The van der Waals surface area contributed by atoms with Crippen LogP contribution in [0.15, 0.2) is 23.0 Å². The number of nitrogens with one attached hydrogen (secondary N) is 1. The molecule has 0 radical (unpaired) electrons. The Morgan fingerprint density at radius 1 is 1.14 bits per heavy atom. The fourth-order valence-corrected chi connectivity index (χ4v) is 3.23. The summed E-state index contributed by atoms with van der Waals surface area (Å²) in [7, 11) is 4.71. The van der Waals surface area contributed by atoms with Crippen molar-refractivity contribution >= 4 is 22.5 Å². The predicted molar refractivity (Wildman–Crippen MR) is 104 cm³/mol. The van der Waals surface area contributed by atoms with Crippen LogP contribution in [0.1, 0.15) is 12.1 Å². The number of benzene rings is 1. The van der Waals surface area contributed by atoms with Crippen LogP contribution in [0.25, 0.3) is 16.6 Å². The third kappa shape index (κ3) is 3.65. The van der Waals surface area contributed by atoms with Crippen molar-refractivity contribution in [2.45, 2.75) is 19.9 Å². The lowest BCUT2D eigenvalue weighted by Crippen LogP contribution is -2.30. The van der Waals surface area contributed by atoms with Gasteiger partial charge in [0.25, 0.3) is 5.56 Å². The molecule has 0 saturated carbocycles. The van der Waals surface area contributed by atoms with Gasteiger partial charge in [0.2, 0.25) is 5.91 Å². The van der Waals surface area contributed by atoms with Gasteiger partial charge in [0.05, 0.1) is 19.7 Å². The van der Waals surface area contributed by atoms with E-state index in [1.807, 2.05) is 0 Å². The minimum absolute atomic E-state index is 0.0633. The second-order valence-corrected chi connectivity index (χ2v) is 6.35. The van der Waals surface area contributed by atoms with Crippen LogP contribution in [0.4, 0.5) is 0 Å². The second kappa shape index (κ2) is 8.30. The van der Waals surface area contributed by atoms with Gasteiger partial charge in [-0.25, -0.2) is 4.52 Å². The first-order chi connectivity index (χ1) is 13.5. The fourth-order valence-electron chi connectivity index (χ4n) is 3.23. The number of carbonyl (C=O) groups is 1. The lowest BCUT2D eigenvalue weighted by atomic mass is 10.2. The maximum Gasteiger partial charge on any atom is 0.273 e. The summed E-state index contributed by atoms with van der Waals surface area (Å²) in [6.07, 6.45) is 0.730. The van der Waals surface area contributed by atoms with Crippen molar-refractivity contribution < 1.29 is 19.0 Å². The Bertz CT molecular complexity index is 1070. The Balaban J connectivity index is 2.13. The maximum atomic E-state index is 12.5. The number of hydrogen-bond acceptors (Lipinski definition) is 6. The number of aryl methyl sites for hydroxylation is 1. The average molecular weight is 388 g/mol. The molecular weight excluding hydrogens is 364 g/mol. The Hall–Kier alpha value is -3.07. The summed E-state index contributed by atoms with van der Waals surface area (Å²) in [5.41, 5.74) is 1.52. The van der Waals surface area contributed by atoms with E-state index in [4.69, 9.17) is 14.2 Å². The van der Waals surface area contributed by atoms with Gasteiger partial charge in [-0.3, -0.25) is 14.3 Å². The summed E-state index contributed by atoms with van der Waals surface area (Å²) < 4.78 is 19.3. The highest BCUT2D eigenvalue weighted by molar-refractivity contribution is 5.96. The zero-order chi connectivity index (χ0) is 20.3. The summed E-state index contributed by atoms with van der Waals surface area (Å²) >= 11 is 0. The number of hydrogen-bond donors (Lipinski definition) is 1. The predicted octanol–water partition coefficient (Wildman–Crippen LogP) is 1.13. The smallest absolute Gasteiger partial charge is 0.273 e. The van der Waals surface area contributed by atoms with E-state index in [9.17, 15) is 9.59 Å². The molecule has 1 aromatic carbocycles. The van der Waals surface area contributed by atoms with E-state index in [2.05, 4.69) is 10.3 Å². The van der Waals surface area contributed by atoms with Gasteiger partial charge in [0.1, 0.15) is 6.54 Å². The van der Waals surface area contributed by atoms with E-state index >= 15 is 0 Å². The quantitative estimate of drug-likeness (QED) is 0.581. The molecular formula is C19H24N4O5. The molecule has 1 amide bonds. The van der Waals surface area contributed by atoms with Gasteiger partial charge in [0.15, 0.2) is 17.1 Å². The number of aromatic nitrogens is 3. The number of rotatable bonds is 8. The van der Waals surface area contributed by atoms with Gasteiger partial charge in [-0.15, -0.1) is 0 Å². The van der Waals surface area contributed by atoms with Crippen LogP contribution in [-0.2, 0) is 16.1 Å². The normalized spacial score (nSPS) is 11.1. The lowest BCUT2D eigenvalue weighted by molar-refractivity contribution is -0.121. The number of nitrogens with zero attached hydrogens (tertiary/aromatic N) is 3. The minimum Gasteiger partial charge on any atom is -0.493 e. The van der Waals surface area contributed by atoms with Crippen molar-refractivity contribution in [3.63, 3.8) is 0 Å². The molecule has 0 aliphatic rings. The fraction of sp³-hybridized carbons (Fsp3) is 0.421. The lowest BCUT2D eigenvalue weighted by Gasteiger charge is -2.12. The average Bonchev–Trinajstić information content (AvgIpc) is 2.97. The van der Waals surface area contributed by atoms with Crippen LogP contribution in [0.2, 0.25) is 0 Å². The molecule has 0 fully saturated rings. The van der Waals surface area contributed by atoms with Crippen molar-refractivity contribution in [2.24, 2.45) is 0 Å². The van der Waals surface area contributed by atoms with Gasteiger partial charge in [-0.05, 0) is 19.4 Å². The Morgan fingerprint density at radius 2 is 1.86 bits per heavy atom. The zero-order valence-corrected chi connectivity index (χ0v) is 16.4. The molecule has 9 nitrogen and oxygen atoms in total. The highest BCUT2D eigenvalue weighted by atomic mass is 16.5. The van der Waals surface area contributed by atoms with Crippen molar-refractivity contribution in [2.75, 3.05) is 34.5 Å². The van der Waals surface area contributed by atoms with E-state index in [0.29, 0.717) is 46.9 Å². The molecule has 9 heteroatoms. The molecule has 2 aromatic heterocycles. The Kier molecular flexibility index (Phi) is 5.84. The van der Waals surface area contributed by atoms with Crippen LogP contribution in [0.5, 0.6) is 11.5 Å². The molecule has 3 aromatic rings. The SMILES string of the molecule is COCCCNC(=O)Cn1c2cc(OC)c(OC)cc2c2nc(=O)cc(C)n21. The van der Waals surface area contributed by atoms with Crippen LogP contribution >= 0.6 is 0 Å². The van der Waals surface area contributed by atoms with Crippen molar-refractivity contribution in [1.29, 1.82) is 0 Å². The molecule has 3 rings (SSSR count). The summed E-state index contributed by atoms with van der Waals surface area (Å²) in [6, 6.07) is 4.99. The van der Waals surface area contributed by atoms with Crippen LogP contribution in [0, 0.1) is 6.92 Å². The summed E-state index contributed by atoms with van der Waals surface area (Å²) in [4.78, 5) is 28.6. The number of fused-ring (bicyclic) bond motifs is 3. The van der Waals surface area contributed by atoms with Gasteiger partial charge >= 0.3 is 0 Å². The van der Waals surface area contributed by atoms with E-state index in [1.54, 1.807) is 49.6 Å². The molecule has 0 spiro atoms. The molecule has 0 unspecified atom stereocenters. The molecule has 2 heterocycles. The van der Waals surface area contributed by atoms with Crippen LogP contribution in [0.3, 0.4) is 0 Å². The summed E-state index contributed by atoms with van der Waals surface area (Å²) in [5, 5.41) is 3.58. The van der Waals surface area contributed by atoms with E-state index in [-0.39, 0.29) is 18.0 Å². The third-order valence-electron chi connectivity index (χ3n) is 4.49. The van der Waals surface area contributed by atoms with E-state index in [0.717, 1.165) is 6.42 Å². The Labute approximate surface area is 161 Å². The van der Waals surface area contributed by atoms with Gasteiger partial charge in [-0.1, -0.05) is 0 Å². The topological polar surface area (TPSA) is 96.1 Å². The van der Waals surface area contributed by atoms with Crippen LogP contribution in [-0.4, -0.2) is 54.6 Å². The first-order valence-corrected chi connectivity index (χ1v) is 8.90. The van der Waals surface area contributed by atoms with Gasteiger partial charge in [-0.2, -0.15) is 4.98 Å². The highest BCUT2D eigenvalue weighted by Gasteiger charge is 2.19. The number of ether oxygens (including phenoxy) is 3. The van der Waals surface area contributed by atoms with Gasteiger partial charge < -0.3 is 19.5 Å². The number of amides is 1. The van der Waals surface area contributed by atoms with E-state index in [1.165, 1.54) is 6.07 Å². The molecule has 0 atom stereocenters. The number of methoxy groups -OCH3 is 3. The summed E-state index contributed by atoms with van der Waals surface area (Å²) in [5.74, 6) is 0.900. The van der Waals surface area contributed by atoms with Crippen molar-refractivity contribution in [1.82, 2.24) is 19.5 Å². The zero-order valence-electron chi connectivity index (χ0n) is 16.4. The molecule has 0 bridgehead atoms. The highest BCUT2D eigenvalue weighted by Crippen LogP contribution is 2.34. The first kappa shape index (κ1) is 19.7. The second-order valence-electron chi connectivity index (χ2n) is 6.35. The largest absolute Gasteiger partial charge is 0.493 e. The molecule has 0 aliphatic heterocycles.